The van der Waals surface area contributed by atoms with Gasteiger partial charge in [0.05, 0.1) is 19.8 Å². The number of ether oxygens (including phenoxy) is 2. The minimum atomic E-state index is -0.412. The Kier molecular flexibility index (Phi) is 4.26. The van der Waals surface area contributed by atoms with E-state index >= 15 is 0 Å². The molecule has 7 nitrogen and oxygen atoms in total. The van der Waals surface area contributed by atoms with Crippen molar-refractivity contribution in [2.45, 2.75) is 43.9 Å². The Hall–Kier alpha value is -1.44. The number of rotatable bonds is 3. The third-order valence-corrected chi connectivity index (χ3v) is 6.33. The van der Waals surface area contributed by atoms with Crippen LogP contribution in [0.1, 0.15) is 31.5 Å². The first kappa shape index (κ1) is 16.7. The summed E-state index contributed by atoms with van der Waals surface area (Å²) in [5.74, 6) is 2.02. The van der Waals surface area contributed by atoms with Gasteiger partial charge in [-0.25, -0.2) is 4.98 Å². The number of amides is 1. The number of aromatic nitrogens is 2. The quantitative estimate of drug-likeness (QED) is 0.800. The molecular formula is C19H28N4O3. The lowest BCUT2D eigenvalue weighted by atomic mass is 9.88. The smallest absolute Gasteiger partial charge is 0.253 e. The van der Waals surface area contributed by atoms with Crippen molar-refractivity contribution >= 4 is 5.91 Å². The van der Waals surface area contributed by atoms with Gasteiger partial charge in [-0.05, 0) is 31.6 Å². The van der Waals surface area contributed by atoms with Crippen molar-refractivity contribution in [3.05, 3.63) is 18.2 Å². The van der Waals surface area contributed by atoms with E-state index in [0.29, 0.717) is 32.8 Å². The van der Waals surface area contributed by atoms with Crippen molar-refractivity contribution in [3.63, 3.8) is 0 Å². The van der Waals surface area contributed by atoms with Crippen LogP contribution in [0.25, 0.3) is 0 Å². The lowest BCUT2D eigenvalue weighted by Gasteiger charge is -2.46. The van der Waals surface area contributed by atoms with E-state index in [1.54, 1.807) is 0 Å². The van der Waals surface area contributed by atoms with E-state index < -0.39 is 11.7 Å². The second-order valence-corrected chi connectivity index (χ2v) is 8.19. The fourth-order valence-electron chi connectivity index (χ4n) is 4.62. The summed E-state index contributed by atoms with van der Waals surface area (Å²) >= 11 is 0. The van der Waals surface area contributed by atoms with Crippen molar-refractivity contribution in [2.24, 2.45) is 5.92 Å². The van der Waals surface area contributed by atoms with Crippen LogP contribution in [0.4, 0.5) is 0 Å². The molecule has 4 aliphatic rings. The highest BCUT2D eigenvalue weighted by Crippen LogP contribution is 2.41. The summed E-state index contributed by atoms with van der Waals surface area (Å²) in [4.78, 5) is 22.1. The summed E-state index contributed by atoms with van der Waals surface area (Å²) in [5, 5.41) is 0. The van der Waals surface area contributed by atoms with E-state index in [2.05, 4.69) is 14.5 Å². The fraction of sp³-hybridized carbons (Fsp3) is 0.789. The molecule has 1 atom stereocenters. The van der Waals surface area contributed by atoms with Crippen molar-refractivity contribution in [1.82, 2.24) is 19.4 Å². The zero-order valence-corrected chi connectivity index (χ0v) is 15.3. The molecule has 0 aromatic carbocycles. The van der Waals surface area contributed by atoms with E-state index in [9.17, 15) is 4.79 Å². The lowest BCUT2D eigenvalue weighted by Crippen LogP contribution is -2.55. The van der Waals surface area contributed by atoms with Crippen molar-refractivity contribution in [3.8, 4) is 0 Å². The molecule has 7 heteroatoms. The highest BCUT2D eigenvalue weighted by molar-refractivity contribution is 5.81. The van der Waals surface area contributed by atoms with Gasteiger partial charge in [-0.1, -0.05) is 0 Å². The van der Waals surface area contributed by atoms with E-state index in [0.717, 1.165) is 37.7 Å². The van der Waals surface area contributed by atoms with Crippen molar-refractivity contribution < 1.29 is 14.3 Å². The molecule has 4 heterocycles. The third kappa shape index (κ3) is 3.06. The van der Waals surface area contributed by atoms with Crippen molar-refractivity contribution in [1.29, 1.82) is 0 Å². The topological polar surface area (TPSA) is 59.8 Å². The molecule has 1 aromatic rings. The number of imidazole rings is 1. The van der Waals surface area contributed by atoms with Crippen LogP contribution in [-0.4, -0.2) is 77.3 Å². The molecule has 1 amide bonds. The predicted molar refractivity (Wildman–Crippen MR) is 94.6 cm³/mol. The van der Waals surface area contributed by atoms with Crippen LogP contribution in [0.3, 0.4) is 0 Å². The number of fused-ring (bicyclic) bond motifs is 2. The standard InChI is InChI=1S/C19H28N4O3/c24-17(22-9-11-25-12-10-22)16-14-23-8-5-20-18(23)19(26-16)3-6-21(7-4-19)13-15-1-2-15/h5,8,15-16H,1-4,6-7,9-14H2/t16-/m1/s1. The lowest BCUT2D eigenvalue weighted by molar-refractivity contribution is -0.183. The molecule has 0 radical (unpaired) electrons. The summed E-state index contributed by atoms with van der Waals surface area (Å²) in [6, 6.07) is 0. The average molecular weight is 360 g/mol. The van der Waals surface area contributed by atoms with Crippen molar-refractivity contribution in [2.75, 3.05) is 45.9 Å². The maximum atomic E-state index is 13.0. The first-order valence-corrected chi connectivity index (χ1v) is 10.0. The van der Waals surface area contributed by atoms with Crippen LogP contribution in [0.15, 0.2) is 12.4 Å². The van der Waals surface area contributed by atoms with Gasteiger partial charge in [-0.3, -0.25) is 4.79 Å². The first-order valence-electron chi connectivity index (χ1n) is 10.0. The maximum absolute atomic E-state index is 13.0. The van der Waals surface area contributed by atoms with E-state index in [1.165, 1.54) is 19.4 Å². The molecular weight excluding hydrogens is 332 g/mol. The molecule has 142 valence electrons. The van der Waals surface area contributed by atoms with Crippen LogP contribution < -0.4 is 0 Å². The van der Waals surface area contributed by atoms with Crippen LogP contribution in [0.2, 0.25) is 0 Å². The van der Waals surface area contributed by atoms with Gasteiger partial charge in [0.25, 0.3) is 5.91 Å². The zero-order chi connectivity index (χ0) is 17.6. The van der Waals surface area contributed by atoms with Gasteiger partial charge in [0.1, 0.15) is 11.4 Å². The largest absolute Gasteiger partial charge is 0.378 e. The molecule has 2 saturated heterocycles. The molecule has 26 heavy (non-hydrogen) atoms. The van der Waals surface area contributed by atoms with Gasteiger partial charge in [0.2, 0.25) is 0 Å². The van der Waals surface area contributed by atoms with Gasteiger partial charge in [0.15, 0.2) is 6.10 Å². The number of carbonyl (C=O) groups excluding carboxylic acids is 1. The van der Waals surface area contributed by atoms with E-state index in [-0.39, 0.29) is 5.91 Å². The second-order valence-electron chi connectivity index (χ2n) is 8.19. The molecule has 0 unspecified atom stereocenters. The van der Waals surface area contributed by atoms with Gasteiger partial charge >= 0.3 is 0 Å². The Morgan fingerprint density at radius 2 is 1.96 bits per heavy atom. The number of piperidine rings is 1. The zero-order valence-electron chi connectivity index (χ0n) is 15.3. The first-order chi connectivity index (χ1) is 12.7. The highest BCUT2D eigenvalue weighted by Gasteiger charge is 2.48. The number of hydrogen-bond acceptors (Lipinski definition) is 5. The summed E-state index contributed by atoms with van der Waals surface area (Å²) in [6.07, 6.45) is 8.05. The average Bonchev–Trinajstić information content (AvgIpc) is 3.36. The Bertz CT molecular complexity index is 657. The van der Waals surface area contributed by atoms with Gasteiger partial charge in [0, 0.05) is 45.1 Å². The third-order valence-electron chi connectivity index (χ3n) is 6.33. The molecule has 3 aliphatic heterocycles. The Morgan fingerprint density at radius 3 is 2.69 bits per heavy atom. The summed E-state index contributed by atoms with van der Waals surface area (Å²) in [5.41, 5.74) is -0.408. The molecule has 5 rings (SSSR count). The van der Waals surface area contributed by atoms with Crippen LogP contribution in [-0.2, 0) is 26.4 Å². The molecule has 3 fully saturated rings. The molecule has 1 saturated carbocycles. The Labute approximate surface area is 154 Å². The van der Waals surface area contributed by atoms with E-state index in [1.807, 2.05) is 17.3 Å². The molecule has 1 spiro atoms. The number of carbonyl (C=O) groups is 1. The molecule has 1 aliphatic carbocycles. The SMILES string of the molecule is O=C([C@H]1Cn2ccnc2C2(CCN(CC3CC3)CC2)O1)N1CCOCC1. The second kappa shape index (κ2) is 6.62. The highest BCUT2D eigenvalue weighted by atomic mass is 16.5. The molecule has 0 bridgehead atoms. The number of hydrogen-bond donors (Lipinski definition) is 0. The Balaban J connectivity index is 1.33. The van der Waals surface area contributed by atoms with Crippen LogP contribution in [0.5, 0.6) is 0 Å². The minimum absolute atomic E-state index is 0.104. The minimum Gasteiger partial charge on any atom is -0.378 e. The predicted octanol–water partition coefficient (Wildman–Crippen LogP) is 0.842. The number of nitrogens with zero attached hydrogens (tertiary/aromatic N) is 4. The fourth-order valence-corrected chi connectivity index (χ4v) is 4.62. The van der Waals surface area contributed by atoms with Gasteiger partial charge in [-0.2, -0.15) is 0 Å². The van der Waals surface area contributed by atoms with Crippen LogP contribution in [0, 0.1) is 5.92 Å². The number of likely N-dealkylation sites (tertiary alicyclic amines) is 1. The Morgan fingerprint density at radius 1 is 1.19 bits per heavy atom. The summed E-state index contributed by atoms with van der Waals surface area (Å²) in [6.45, 7) is 6.42. The molecule has 1 aromatic heterocycles. The normalized spacial score (nSPS) is 28.9. The van der Waals surface area contributed by atoms with E-state index in [4.69, 9.17) is 9.47 Å². The maximum Gasteiger partial charge on any atom is 0.253 e. The van der Waals surface area contributed by atoms with Crippen LogP contribution >= 0.6 is 0 Å². The molecule has 0 N–H and O–H groups in total. The monoisotopic (exact) mass is 360 g/mol. The summed E-state index contributed by atoms with van der Waals surface area (Å²) < 4.78 is 14.1. The van der Waals surface area contributed by atoms with Gasteiger partial charge < -0.3 is 23.8 Å². The number of morpholine rings is 1. The van der Waals surface area contributed by atoms with Gasteiger partial charge in [-0.15, -0.1) is 0 Å². The summed E-state index contributed by atoms with van der Waals surface area (Å²) in [7, 11) is 0.